The van der Waals surface area contributed by atoms with Crippen molar-refractivity contribution in [2.75, 3.05) is 19.6 Å². The Balaban J connectivity index is 1.41. The Hall–Kier alpha value is -1.88. The first kappa shape index (κ1) is 20.4. The molecule has 1 saturated heterocycles. The first-order valence-corrected chi connectivity index (χ1v) is 10.7. The van der Waals surface area contributed by atoms with E-state index in [1.54, 1.807) is 0 Å². The maximum atomic E-state index is 10.8. The van der Waals surface area contributed by atoms with Crippen molar-refractivity contribution in [3.8, 4) is 5.75 Å². The molecule has 2 aliphatic rings. The van der Waals surface area contributed by atoms with E-state index < -0.39 is 12.2 Å². The van der Waals surface area contributed by atoms with E-state index >= 15 is 0 Å². The summed E-state index contributed by atoms with van der Waals surface area (Å²) in [5.74, 6) is 0.843. The lowest BCUT2D eigenvalue weighted by molar-refractivity contribution is -0.0588. The predicted octanol–water partition coefficient (Wildman–Crippen LogP) is 4.30. The number of fused-ring (bicyclic) bond motifs is 1. The zero-order valence-electron chi connectivity index (χ0n) is 18.0. The topological polar surface area (TPSA) is 52.9 Å². The molecule has 0 bridgehead atoms. The molecule has 4 heteroatoms. The van der Waals surface area contributed by atoms with E-state index in [-0.39, 0.29) is 5.60 Å². The number of benzene rings is 2. The largest absolute Gasteiger partial charge is 0.487 e. The lowest BCUT2D eigenvalue weighted by Crippen LogP contribution is -2.51. The van der Waals surface area contributed by atoms with E-state index in [9.17, 15) is 10.2 Å². The summed E-state index contributed by atoms with van der Waals surface area (Å²) >= 11 is 0. The molecule has 2 aromatic carbocycles. The van der Waals surface area contributed by atoms with E-state index in [1.165, 1.54) is 22.3 Å². The molecule has 0 aromatic heterocycles. The first-order valence-electron chi connectivity index (χ1n) is 10.7. The summed E-state index contributed by atoms with van der Waals surface area (Å²) in [7, 11) is 0. The summed E-state index contributed by atoms with van der Waals surface area (Å²) in [5.41, 5.74) is 6.46. The van der Waals surface area contributed by atoms with Gasteiger partial charge < -0.3 is 19.8 Å². The summed E-state index contributed by atoms with van der Waals surface area (Å²) in [5, 5.41) is 21.5. The van der Waals surface area contributed by atoms with E-state index in [4.69, 9.17) is 4.74 Å². The second kappa shape index (κ2) is 7.75. The Bertz CT molecular complexity index is 899. The number of rotatable bonds is 3. The number of hydrogen-bond acceptors (Lipinski definition) is 4. The number of aryl methyl sites for hydroxylation is 4. The summed E-state index contributed by atoms with van der Waals surface area (Å²) < 4.78 is 6.48. The molecule has 1 fully saturated rings. The number of nitrogens with zero attached hydrogens (tertiary/aromatic N) is 1. The van der Waals surface area contributed by atoms with Gasteiger partial charge in [-0.1, -0.05) is 18.2 Å². The van der Waals surface area contributed by atoms with E-state index in [0.717, 1.165) is 42.8 Å². The van der Waals surface area contributed by atoms with Gasteiger partial charge in [-0.05, 0) is 80.5 Å². The molecule has 4 nitrogen and oxygen atoms in total. The lowest BCUT2D eigenvalue weighted by Gasteiger charge is -2.46. The van der Waals surface area contributed by atoms with Gasteiger partial charge in [0.1, 0.15) is 11.4 Å². The van der Waals surface area contributed by atoms with Crippen LogP contribution < -0.4 is 4.74 Å². The monoisotopic (exact) mass is 395 g/mol. The Morgan fingerprint density at radius 3 is 2.34 bits per heavy atom. The van der Waals surface area contributed by atoms with Gasteiger partial charge in [-0.15, -0.1) is 0 Å². The SMILES string of the molecule is Cc1ccc([C@@H](O)CN2CCC3(CC2)C[C@@H](O)c2cc(C)c(C)cc2O3)cc1C. The number of likely N-dealkylation sites (tertiary alicyclic amines) is 1. The third-order valence-corrected chi connectivity index (χ3v) is 6.99. The smallest absolute Gasteiger partial charge is 0.126 e. The van der Waals surface area contributed by atoms with Gasteiger partial charge in [-0.25, -0.2) is 0 Å². The van der Waals surface area contributed by atoms with Crippen LogP contribution in [0.1, 0.15) is 64.9 Å². The Morgan fingerprint density at radius 1 is 1.00 bits per heavy atom. The van der Waals surface area contributed by atoms with E-state index in [1.807, 2.05) is 6.07 Å². The second-order valence-corrected chi connectivity index (χ2v) is 9.14. The fraction of sp³-hybridized carbons (Fsp3) is 0.520. The Labute approximate surface area is 174 Å². The Morgan fingerprint density at radius 2 is 1.66 bits per heavy atom. The maximum Gasteiger partial charge on any atom is 0.126 e. The van der Waals surface area contributed by atoms with Crippen molar-refractivity contribution in [1.82, 2.24) is 4.90 Å². The van der Waals surface area contributed by atoms with Crippen LogP contribution >= 0.6 is 0 Å². The summed E-state index contributed by atoms with van der Waals surface area (Å²) in [6.45, 7) is 10.7. The average Bonchev–Trinajstić information content (AvgIpc) is 2.68. The number of β-amino-alcohol motifs (C(OH)–C–C–N with tert-alkyl or cyclic N) is 1. The molecule has 2 heterocycles. The van der Waals surface area contributed by atoms with Crippen LogP contribution in [-0.4, -0.2) is 40.3 Å². The van der Waals surface area contributed by atoms with Gasteiger partial charge in [-0.3, -0.25) is 0 Å². The van der Waals surface area contributed by atoms with Crippen LogP contribution in [0.4, 0.5) is 0 Å². The molecule has 2 aromatic rings. The summed E-state index contributed by atoms with van der Waals surface area (Å²) in [6, 6.07) is 10.3. The molecule has 0 unspecified atom stereocenters. The minimum atomic E-state index is -0.479. The van der Waals surface area contributed by atoms with Crippen molar-refractivity contribution in [2.24, 2.45) is 0 Å². The number of ether oxygens (including phenoxy) is 1. The third kappa shape index (κ3) is 4.07. The quantitative estimate of drug-likeness (QED) is 0.813. The third-order valence-electron chi connectivity index (χ3n) is 6.99. The number of aliphatic hydroxyl groups excluding tert-OH is 2. The zero-order chi connectivity index (χ0) is 20.8. The van der Waals surface area contributed by atoms with Gasteiger partial charge in [0.05, 0.1) is 12.2 Å². The maximum absolute atomic E-state index is 10.8. The van der Waals surface area contributed by atoms with Crippen molar-refractivity contribution in [3.05, 3.63) is 63.7 Å². The molecular formula is C25H33NO3. The fourth-order valence-electron chi connectivity index (χ4n) is 4.67. The molecule has 156 valence electrons. The molecular weight excluding hydrogens is 362 g/mol. The molecule has 1 spiro atoms. The first-order chi connectivity index (χ1) is 13.8. The molecule has 0 saturated carbocycles. The molecule has 2 N–H and O–H groups in total. The van der Waals surface area contributed by atoms with Gasteiger partial charge in [-0.2, -0.15) is 0 Å². The highest BCUT2D eigenvalue weighted by atomic mass is 16.5. The molecule has 4 rings (SSSR count). The van der Waals surface area contributed by atoms with Crippen LogP contribution in [0.25, 0.3) is 0 Å². The van der Waals surface area contributed by atoms with Gasteiger partial charge in [0, 0.05) is 31.6 Å². The molecule has 2 aliphatic heterocycles. The molecule has 29 heavy (non-hydrogen) atoms. The normalized spacial score (nSPS) is 22.2. The van der Waals surface area contributed by atoms with Crippen LogP contribution in [0.2, 0.25) is 0 Å². The summed E-state index contributed by atoms with van der Waals surface area (Å²) in [4.78, 5) is 2.32. The van der Waals surface area contributed by atoms with Crippen LogP contribution in [0.5, 0.6) is 5.75 Å². The van der Waals surface area contributed by atoms with Crippen molar-refractivity contribution in [2.45, 2.75) is 64.8 Å². The van der Waals surface area contributed by atoms with Crippen LogP contribution in [0.3, 0.4) is 0 Å². The van der Waals surface area contributed by atoms with Crippen molar-refractivity contribution < 1.29 is 14.9 Å². The molecule has 0 aliphatic carbocycles. The zero-order valence-corrected chi connectivity index (χ0v) is 18.0. The number of hydrogen-bond donors (Lipinski definition) is 2. The predicted molar refractivity (Wildman–Crippen MR) is 115 cm³/mol. The van der Waals surface area contributed by atoms with Gasteiger partial charge in [0.15, 0.2) is 0 Å². The molecule has 2 atom stereocenters. The number of piperidine rings is 1. The van der Waals surface area contributed by atoms with Crippen LogP contribution in [0, 0.1) is 27.7 Å². The van der Waals surface area contributed by atoms with Crippen molar-refractivity contribution in [1.29, 1.82) is 0 Å². The molecule has 0 amide bonds. The average molecular weight is 396 g/mol. The van der Waals surface area contributed by atoms with E-state index in [0.29, 0.717) is 13.0 Å². The lowest BCUT2D eigenvalue weighted by atomic mass is 9.81. The standard InChI is InChI=1S/C25H33NO3/c1-16-5-6-20(11-17(16)2)23(28)15-26-9-7-25(8-10-26)14-22(27)21-12-18(3)19(4)13-24(21)29-25/h5-6,11-13,22-23,27-28H,7-10,14-15H2,1-4H3/t22-,23+/m1/s1. The Kier molecular flexibility index (Phi) is 5.45. The van der Waals surface area contributed by atoms with Gasteiger partial charge in [0.25, 0.3) is 0 Å². The second-order valence-electron chi connectivity index (χ2n) is 9.14. The minimum absolute atomic E-state index is 0.296. The van der Waals surface area contributed by atoms with Crippen LogP contribution in [-0.2, 0) is 0 Å². The van der Waals surface area contributed by atoms with Crippen molar-refractivity contribution in [3.63, 3.8) is 0 Å². The molecule has 0 radical (unpaired) electrons. The number of aliphatic hydroxyl groups is 2. The minimum Gasteiger partial charge on any atom is -0.487 e. The van der Waals surface area contributed by atoms with Crippen molar-refractivity contribution >= 4 is 0 Å². The summed E-state index contributed by atoms with van der Waals surface area (Å²) in [6.07, 6.45) is 1.45. The highest BCUT2D eigenvalue weighted by Gasteiger charge is 2.43. The van der Waals surface area contributed by atoms with Gasteiger partial charge >= 0.3 is 0 Å². The van der Waals surface area contributed by atoms with Gasteiger partial charge in [0.2, 0.25) is 0 Å². The fourth-order valence-corrected chi connectivity index (χ4v) is 4.67. The van der Waals surface area contributed by atoms with E-state index in [2.05, 4.69) is 56.9 Å². The van der Waals surface area contributed by atoms with Crippen LogP contribution in [0.15, 0.2) is 30.3 Å². The highest BCUT2D eigenvalue weighted by molar-refractivity contribution is 5.45. The highest BCUT2D eigenvalue weighted by Crippen LogP contribution is 2.45.